The van der Waals surface area contributed by atoms with Crippen molar-refractivity contribution in [2.24, 2.45) is 0 Å². The van der Waals surface area contributed by atoms with Crippen LogP contribution in [0.5, 0.6) is 5.75 Å². The van der Waals surface area contributed by atoms with Crippen molar-refractivity contribution in [2.75, 3.05) is 46.3 Å². The molecule has 114 valence electrons. The summed E-state index contributed by atoms with van der Waals surface area (Å²) in [6.45, 7) is 4.91. The highest BCUT2D eigenvalue weighted by molar-refractivity contribution is 9.10. The lowest BCUT2D eigenvalue weighted by Gasteiger charge is -2.43. The number of benzene rings is 1. The number of carbonyl (C=O) groups excluding carboxylic acids is 1. The third kappa shape index (κ3) is 3.49. The maximum Gasteiger partial charge on any atom is 0.320 e. The summed E-state index contributed by atoms with van der Waals surface area (Å²) in [5, 5.41) is 0. The number of likely N-dealkylation sites (tertiary alicyclic amines) is 1. The molecular formula is C15H20BrN3O2. The van der Waals surface area contributed by atoms with Gasteiger partial charge in [0.2, 0.25) is 0 Å². The van der Waals surface area contributed by atoms with E-state index in [1.807, 2.05) is 34.1 Å². The Balaban J connectivity index is 1.46. The quantitative estimate of drug-likeness (QED) is 0.814. The predicted molar refractivity (Wildman–Crippen MR) is 84.6 cm³/mol. The lowest BCUT2D eigenvalue weighted by Crippen LogP contribution is -2.61. The standard InChI is InChI=1S/C15H20BrN3O2/c1-17-5-7-18(8-6-17)15(20)19-10-14(11-19)21-13-4-2-3-12(16)9-13/h2-4,9,14H,5-8,10-11H2,1H3. The first-order chi connectivity index (χ1) is 10.1. The molecule has 2 amide bonds. The first kappa shape index (κ1) is 14.7. The van der Waals surface area contributed by atoms with E-state index in [9.17, 15) is 4.79 Å². The summed E-state index contributed by atoms with van der Waals surface area (Å²) in [6, 6.07) is 7.96. The van der Waals surface area contributed by atoms with Gasteiger partial charge in [0.15, 0.2) is 0 Å². The van der Waals surface area contributed by atoms with Crippen LogP contribution in [0.2, 0.25) is 0 Å². The summed E-state index contributed by atoms with van der Waals surface area (Å²) in [5.74, 6) is 0.848. The summed E-state index contributed by atoms with van der Waals surface area (Å²) in [6.07, 6.45) is 0.107. The molecule has 0 aliphatic carbocycles. The van der Waals surface area contributed by atoms with Gasteiger partial charge in [-0.05, 0) is 25.2 Å². The first-order valence-electron chi connectivity index (χ1n) is 7.26. The number of piperazine rings is 1. The van der Waals surface area contributed by atoms with Gasteiger partial charge in [-0.25, -0.2) is 4.79 Å². The second-order valence-corrected chi connectivity index (χ2v) is 6.59. The van der Waals surface area contributed by atoms with Gasteiger partial charge in [0.1, 0.15) is 11.9 Å². The molecule has 0 radical (unpaired) electrons. The summed E-state index contributed by atoms with van der Waals surface area (Å²) in [5.41, 5.74) is 0. The minimum Gasteiger partial charge on any atom is -0.487 e. The van der Waals surface area contributed by atoms with Gasteiger partial charge in [-0.15, -0.1) is 0 Å². The fourth-order valence-corrected chi connectivity index (χ4v) is 2.98. The molecule has 1 aromatic rings. The molecule has 0 spiro atoms. The van der Waals surface area contributed by atoms with E-state index in [4.69, 9.17) is 4.74 Å². The van der Waals surface area contributed by atoms with Crippen LogP contribution in [0.1, 0.15) is 0 Å². The molecule has 3 rings (SSSR count). The van der Waals surface area contributed by atoms with Crippen LogP contribution < -0.4 is 4.74 Å². The van der Waals surface area contributed by atoms with Crippen molar-refractivity contribution in [1.82, 2.24) is 14.7 Å². The molecule has 1 aromatic carbocycles. The number of ether oxygens (including phenoxy) is 1. The minimum absolute atomic E-state index is 0.107. The second-order valence-electron chi connectivity index (χ2n) is 5.68. The minimum atomic E-state index is 0.107. The summed E-state index contributed by atoms with van der Waals surface area (Å²) < 4.78 is 6.87. The van der Waals surface area contributed by atoms with Crippen molar-refractivity contribution in [3.63, 3.8) is 0 Å². The van der Waals surface area contributed by atoms with Gasteiger partial charge in [-0.2, -0.15) is 0 Å². The fourth-order valence-electron chi connectivity index (χ4n) is 2.60. The van der Waals surface area contributed by atoms with E-state index in [0.717, 1.165) is 36.4 Å². The van der Waals surface area contributed by atoms with Crippen molar-refractivity contribution >= 4 is 22.0 Å². The van der Waals surface area contributed by atoms with Gasteiger partial charge in [0.25, 0.3) is 0 Å². The zero-order valence-corrected chi connectivity index (χ0v) is 13.8. The van der Waals surface area contributed by atoms with Gasteiger partial charge in [0.05, 0.1) is 13.1 Å². The summed E-state index contributed by atoms with van der Waals surface area (Å²) in [4.78, 5) is 18.4. The summed E-state index contributed by atoms with van der Waals surface area (Å²) >= 11 is 3.43. The van der Waals surface area contributed by atoms with Crippen molar-refractivity contribution < 1.29 is 9.53 Å². The molecule has 0 bridgehead atoms. The zero-order chi connectivity index (χ0) is 14.8. The van der Waals surface area contributed by atoms with Crippen LogP contribution in [0.4, 0.5) is 4.79 Å². The van der Waals surface area contributed by atoms with Crippen LogP contribution >= 0.6 is 15.9 Å². The van der Waals surface area contributed by atoms with Gasteiger partial charge < -0.3 is 19.4 Å². The molecule has 2 fully saturated rings. The number of halogens is 1. The van der Waals surface area contributed by atoms with E-state index in [-0.39, 0.29) is 12.1 Å². The molecule has 0 unspecified atom stereocenters. The molecule has 21 heavy (non-hydrogen) atoms. The lowest BCUT2D eigenvalue weighted by atomic mass is 10.1. The van der Waals surface area contributed by atoms with Gasteiger partial charge in [-0.3, -0.25) is 0 Å². The Hall–Kier alpha value is -1.27. The highest BCUT2D eigenvalue weighted by atomic mass is 79.9. The van der Waals surface area contributed by atoms with Gasteiger partial charge in [0, 0.05) is 30.7 Å². The monoisotopic (exact) mass is 353 g/mol. The third-order valence-electron chi connectivity index (χ3n) is 3.99. The topological polar surface area (TPSA) is 36.0 Å². The number of nitrogens with zero attached hydrogens (tertiary/aromatic N) is 3. The Bertz CT molecular complexity index is 511. The van der Waals surface area contributed by atoms with Crippen molar-refractivity contribution in [1.29, 1.82) is 0 Å². The number of amides is 2. The van der Waals surface area contributed by atoms with E-state index in [0.29, 0.717) is 13.1 Å². The van der Waals surface area contributed by atoms with Crippen LogP contribution in [-0.2, 0) is 0 Å². The molecule has 2 aliphatic rings. The summed E-state index contributed by atoms with van der Waals surface area (Å²) in [7, 11) is 2.09. The van der Waals surface area contributed by atoms with Crippen LogP contribution in [0.3, 0.4) is 0 Å². The lowest BCUT2D eigenvalue weighted by molar-refractivity contribution is 0.0256. The van der Waals surface area contributed by atoms with Crippen LogP contribution in [0, 0.1) is 0 Å². The molecule has 5 nitrogen and oxygen atoms in total. The molecule has 2 heterocycles. The number of rotatable bonds is 2. The van der Waals surface area contributed by atoms with Crippen LogP contribution in [0.25, 0.3) is 0 Å². The van der Waals surface area contributed by atoms with Crippen molar-refractivity contribution in [3.05, 3.63) is 28.7 Å². The number of hydrogen-bond donors (Lipinski definition) is 0. The van der Waals surface area contributed by atoms with E-state index < -0.39 is 0 Å². The molecule has 0 saturated carbocycles. The van der Waals surface area contributed by atoms with E-state index in [2.05, 4.69) is 27.9 Å². The Labute approximate surface area is 133 Å². The number of likely N-dealkylation sites (N-methyl/N-ethyl adjacent to an activating group) is 1. The normalized spacial score (nSPS) is 20.3. The molecule has 2 aliphatic heterocycles. The van der Waals surface area contributed by atoms with E-state index >= 15 is 0 Å². The number of urea groups is 1. The zero-order valence-electron chi connectivity index (χ0n) is 12.2. The Morgan fingerprint density at radius 2 is 1.90 bits per heavy atom. The predicted octanol–water partition coefficient (Wildman–Crippen LogP) is 1.88. The van der Waals surface area contributed by atoms with Gasteiger partial charge in [-0.1, -0.05) is 22.0 Å². The Morgan fingerprint density at radius 3 is 2.57 bits per heavy atom. The van der Waals surface area contributed by atoms with E-state index in [1.54, 1.807) is 0 Å². The SMILES string of the molecule is CN1CCN(C(=O)N2CC(Oc3cccc(Br)c3)C2)CC1. The maximum atomic E-state index is 12.3. The van der Waals surface area contributed by atoms with E-state index in [1.165, 1.54) is 0 Å². The molecular weight excluding hydrogens is 334 g/mol. The number of hydrogen-bond acceptors (Lipinski definition) is 3. The Morgan fingerprint density at radius 1 is 1.19 bits per heavy atom. The molecule has 2 saturated heterocycles. The van der Waals surface area contributed by atoms with Crippen LogP contribution in [-0.4, -0.2) is 73.2 Å². The van der Waals surface area contributed by atoms with Crippen molar-refractivity contribution in [2.45, 2.75) is 6.10 Å². The van der Waals surface area contributed by atoms with Crippen LogP contribution in [0.15, 0.2) is 28.7 Å². The smallest absolute Gasteiger partial charge is 0.320 e. The largest absolute Gasteiger partial charge is 0.487 e. The maximum absolute atomic E-state index is 12.3. The third-order valence-corrected chi connectivity index (χ3v) is 4.48. The average molecular weight is 354 g/mol. The fraction of sp³-hybridized carbons (Fsp3) is 0.533. The first-order valence-corrected chi connectivity index (χ1v) is 8.06. The Kier molecular flexibility index (Phi) is 4.35. The second kappa shape index (κ2) is 6.23. The van der Waals surface area contributed by atoms with Crippen molar-refractivity contribution in [3.8, 4) is 5.75 Å². The molecule has 0 atom stereocenters. The molecule has 0 aromatic heterocycles. The average Bonchev–Trinajstić information content (AvgIpc) is 2.42. The molecule has 0 N–H and O–H groups in total. The molecule has 6 heteroatoms. The highest BCUT2D eigenvalue weighted by Gasteiger charge is 2.35. The number of carbonyl (C=O) groups is 1. The van der Waals surface area contributed by atoms with Gasteiger partial charge >= 0.3 is 6.03 Å². The highest BCUT2D eigenvalue weighted by Crippen LogP contribution is 2.22.